The van der Waals surface area contributed by atoms with Gasteiger partial charge in [0, 0.05) is 25.6 Å². The zero-order valence-electron chi connectivity index (χ0n) is 11.8. The second-order valence-electron chi connectivity index (χ2n) is 4.54. The summed E-state index contributed by atoms with van der Waals surface area (Å²) in [6.45, 7) is 5.00. The second kappa shape index (κ2) is 6.15. The molecule has 3 N–H and O–H groups in total. The van der Waals surface area contributed by atoms with Crippen molar-refractivity contribution >= 4 is 33.1 Å². The number of hydrogen-bond donors (Lipinski definition) is 2. The lowest BCUT2D eigenvalue weighted by atomic mass is 10.1. The lowest BCUT2D eigenvalue weighted by Gasteiger charge is -2.04. The van der Waals surface area contributed by atoms with Gasteiger partial charge in [-0.05, 0) is 25.8 Å². The Labute approximate surface area is 121 Å². The highest BCUT2D eigenvalue weighted by Gasteiger charge is 2.19. The van der Waals surface area contributed by atoms with Crippen LogP contribution < -0.4 is 11.1 Å². The number of nitrogens with two attached hydrogens (primary N) is 1. The summed E-state index contributed by atoms with van der Waals surface area (Å²) in [7, 11) is 1.63. The summed E-state index contributed by atoms with van der Waals surface area (Å²) in [4.78, 5) is 13.3. The molecule has 20 heavy (non-hydrogen) atoms. The molecule has 0 aromatic carbocycles. The Kier molecular flexibility index (Phi) is 4.51. The van der Waals surface area contributed by atoms with Gasteiger partial charge in [0.2, 0.25) is 0 Å². The molecule has 6 nitrogen and oxygen atoms in total. The van der Waals surface area contributed by atoms with Crippen molar-refractivity contribution in [2.24, 2.45) is 0 Å². The predicted molar refractivity (Wildman–Crippen MR) is 80.1 cm³/mol. The van der Waals surface area contributed by atoms with E-state index in [4.69, 9.17) is 10.5 Å². The first-order valence-electron chi connectivity index (χ1n) is 6.35. The molecule has 0 aliphatic carbocycles. The highest BCUT2D eigenvalue weighted by Crippen LogP contribution is 2.34. The fourth-order valence-electron chi connectivity index (χ4n) is 1.91. The number of nitrogens with one attached hydrogen (secondary N) is 1. The van der Waals surface area contributed by atoms with Gasteiger partial charge in [-0.2, -0.15) is 5.10 Å². The van der Waals surface area contributed by atoms with E-state index in [2.05, 4.69) is 15.5 Å². The minimum absolute atomic E-state index is 0.168. The second-order valence-corrected chi connectivity index (χ2v) is 5.54. The van der Waals surface area contributed by atoms with Crippen molar-refractivity contribution in [2.45, 2.75) is 20.3 Å². The van der Waals surface area contributed by atoms with Crippen LogP contribution in [0.5, 0.6) is 0 Å². The van der Waals surface area contributed by atoms with E-state index in [0.717, 1.165) is 23.1 Å². The molecule has 0 saturated heterocycles. The van der Waals surface area contributed by atoms with E-state index >= 15 is 0 Å². The van der Waals surface area contributed by atoms with E-state index < -0.39 is 0 Å². The van der Waals surface area contributed by atoms with Crippen molar-refractivity contribution in [3.05, 3.63) is 16.1 Å². The topological polar surface area (TPSA) is 90.1 Å². The van der Waals surface area contributed by atoms with E-state index in [9.17, 15) is 4.79 Å². The van der Waals surface area contributed by atoms with Gasteiger partial charge in [-0.1, -0.05) is 0 Å². The van der Waals surface area contributed by atoms with E-state index in [0.29, 0.717) is 28.5 Å². The summed E-state index contributed by atoms with van der Waals surface area (Å²) in [5.41, 5.74) is 8.39. The number of anilines is 1. The maximum atomic E-state index is 12.1. The number of amides is 1. The normalized spacial score (nSPS) is 10.9. The minimum Gasteiger partial charge on any atom is -0.397 e. The Bertz CT molecular complexity index is 639. The van der Waals surface area contributed by atoms with E-state index in [1.807, 2.05) is 13.8 Å². The van der Waals surface area contributed by atoms with Crippen LogP contribution in [0, 0.1) is 13.8 Å². The lowest BCUT2D eigenvalue weighted by molar-refractivity contribution is 0.0953. The van der Waals surface area contributed by atoms with Gasteiger partial charge < -0.3 is 15.8 Å². The summed E-state index contributed by atoms with van der Waals surface area (Å²) in [6.07, 6.45) is 0.769. The predicted octanol–water partition coefficient (Wildman–Crippen LogP) is 1.66. The molecule has 2 heterocycles. The van der Waals surface area contributed by atoms with E-state index in [1.54, 1.807) is 7.11 Å². The maximum absolute atomic E-state index is 12.1. The van der Waals surface area contributed by atoms with Gasteiger partial charge in [0.25, 0.3) is 5.91 Å². The molecule has 0 unspecified atom stereocenters. The fraction of sp³-hybridized carbons (Fsp3) is 0.462. The zero-order chi connectivity index (χ0) is 14.7. The maximum Gasteiger partial charge on any atom is 0.263 e. The quantitative estimate of drug-likeness (QED) is 0.818. The molecular weight excluding hydrogens is 276 g/mol. The number of thiophene rings is 1. The van der Waals surface area contributed by atoms with Gasteiger partial charge in [0.15, 0.2) is 0 Å². The third kappa shape index (κ3) is 2.73. The van der Waals surface area contributed by atoms with Crippen LogP contribution in [0.25, 0.3) is 10.2 Å². The molecule has 0 fully saturated rings. The molecule has 7 heteroatoms. The largest absolute Gasteiger partial charge is 0.397 e. The smallest absolute Gasteiger partial charge is 0.263 e. The number of ether oxygens (including phenoxy) is 1. The van der Waals surface area contributed by atoms with Gasteiger partial charge in [0.1, 0.15) is 9.71 Å². The molecule has 0 bridgehead atoms. The first-order valence-corrected chi connectivity index (χ1v) is 7.17. The molecule has 0 spiro atoms. The highest BCUT2D eigenvalue weighted by atomic mass is 32.1. The Morgan fingerprint density at radius 2 is 2.15 bits per heavy atom. The number of carbonyl (C=O) groups excluding carboxylic acids is 1. The van der Waals surface area contributed by atoms with Gasteiger partial charge >= 0.3 is 0 Å². The van der Waals surface area contributed by atoms with Gasteiger partial charge in [-0.3, -0.25) is 4.79 Å². The van der Waals surface area contributed by atoms with Gasteiger partial charge in [-0.15, -0.1) is 16.4 Å². The number of carbonyl (C=O) groups is 1. The van der Waals surface area contributed by atoms with Crippen LogP contribution in [0.15, 0.2) is 0 Å². The van der Waals surface area contributed by atoms with Crippen molar-refractivity contribution in [1.29, 1.82) is 0 Å². The van der Waals surface area contributed by atoms with Crippen molar-refractivity contribution in [2.75, 3.05) is 26.0 Å². The number of fused-ring (bicyclic) bond motifs is 1. The van der Waals surface area contributed by atoms with Crippen LogP contribution >= 0.6 is 11.3 Å². The molecule has 0 saturated carbocycles. The SMILES string of the molecule is COCCCNC(=O)c1sc2nnc(C)c(C)c2c1N. The summed E-state index contributed by atoms with van der Waals surface area (Å²) < 4.78 is 4.94. The number of aromatic nitrogens is 2. The fourth-order valence-corrected chi connectivity index (χ4v) is 2.92. The number of hydrogen-bond acceptors (Lipinski definition) is 6. The molecule has 2 aromatic rings. The van der Waals surface area contributed by atoms with Crippen molar-refractivity contribution < 1.29 is 9.53 Å². The molecule has 2 rings (SSSR count). The first kappa shape index (κ1) is 14.7. The Morgan fingerprint density at radius 1 is 1.40 bits per heavy atom. The van der Waals surface area contributed by atoms with Crippen LogP contribution in [-0.2, 0) is 4.74 Å². The Hall–Kier alpha value is -1.73. The summed E-state index contributed by atoms with van der Waals surface area (Å²) >= 11 is 1.28. The number of rotatable bonds is 5. The van der Waals surface area contributed by atoms with Crippen LogP contribution in [0.1, 0.15) is 27.3 Å². The van der Waals surface area contributed by atoms with Crippen molar-refractivity contribution in [1.82, 2.24) is 15.5 Å². The minimum atomic E-state index is -0.168. The van der Waals surface area contributed by atoms with Crippen LogP contribution in [0.4, 0.5) is 5.69 Å². The number of methoxy groups -OCH3 is 1. The third-order valence-electron chi connectivity index (χ3n) is 3.15. The molecule has 1 amide bonds. The number of aryl methyl sites for hydroxylation is 2. The van der Waals surface area contributed by atoms with Crippen LogP contribution in [-0.4, -0.2) is 36.4 Å². The average molecular weight is 294 g/mol. The highest BCUT2D eigenvalue weighted by molar-refractivity contribution is 7.21. The summed E-state index contributed by atoms with van der Waals surface area (Å²) in [6, 6.07) is 0. The number of nitrogens with zero attached hydrogens (tertiary/aromatic N) is 2. The summed E-state index contributed by atoms with van der Waals surface area (Å²) in [5, 5.41) is 11.8. The number of nitrogen functional groups attached to an aromatic ring is 1. The molecule has 0 atom stereocenters. The third-order valence-corrected chi connectivity index (χ3v) is 4.24. The molecule has 0 radical (unpaired) electrons. The van der Waals surface area contributed by atoms with Crippen molar-refractivity contribution in [3.63, 3.8) is 0 Å². The Balaban J connectivity index is 2.25. The first-order chi connectivity index (χ1) is 9.56. The van der Waals surface area contributed by atoms with E-state index in [-0.39, 0.29) is 5.91 Å². The molecule has 108 valence electrons. The van der Waals surface area contributed by atoms with Crippen LogP contribution in [0.2, 0.25) is 0 Å². The summed E-state index contributed by atoms with van der Waals surface area (Å²) in [5.74, 6) is -0.168. The zero-order valence-corrected chi connectivity index (χ0v) is 12.6. The van der Waals surface area contributed by atoms with Crippen LogP contribution in [0.3, 0.4) is 0 Å². The Morgan fingerprint density at radius 3 is 2.85 bits per heavy atom. The average Bonchev–Trinajstić information content (AvgIpc) is 2.77. The molecule has 2 aromatic heterocycles. The van der Waals surface area contributed by atoms with E-state index in [1.165, 1.54) is 11.3 Å². The van der Waals surface area contributed by atoms with Crippen molar-refractivity contribution in [3.8, 4) is 0 Å². The lowest BCUT2D eigenvalue weighted by Crippen LogP contribution is -2.25. The standard InChI is InChI=1S/C13H18N4O2S/c1-7-8(2)16-17-13-9(7)10(14)11(20-13)12(18)15-5-4-6-19-3/h4-6,14H2,1-3H3,(H,15,18). The molecule has 0 aliphatic rings. The molecule has 0 aliphatic heterocycles. The van der Waals surface area contributed by atoms with Gasteiger partial charge in [0.05, 0.1) is 11.4 Å². The monoisotopic (exact) mass is 294 g/mol. The molecular formula is C13H18N4O2S. The van der Waals surface area contributed by atoms with Gasteiger partial charge in [-0.25, -0.2) is 0 Å².